The van der Waals surface area contributed by atoms with Crippen LogP contribution in [0.25, 0.3) is 0 Å². The zero-order chi connectivity index (χ0) is 14.5. The average molecular weight is 269 g/mol. The van der Waals surface area contributed by atoms with Crippen LogP contribution in [-0.4, -0.2) is 20.0 Å². The van der Waals surface area contributed by atoms with E-state index in [1.54, 1.807) is 19.2 Å². The van der Waals surface area contributed by atoms with Crippen LogP contribution in [0.5, 0.6) is 0 Å². The molecular formula is C16H19N3O. The van der Waals surface area contributed by atoms with Crippen molar-refractivity contribution in [2.75, 3.05) is 24.7 Å². The monoisotopic (exact) mass is 269 g/mol. The molecule has 20 heavy (non-hydrogen) atoms. The number of benzene rings is 2. The maximum Gasteiger partial charge on any atom is 0.251 e. The summed E-state index contributed by atoms with van der Waals surface area (Å²) in [5, 5.41) is 2.59. The highest BCUT2D eigenvalue weighted by Crippen LogP contribution is 2.24. The van der Waals surface area contributed by atoms with Crippen LogP contribution < -0.4 is 16.0 Å². The van der Waals surface area contributed by atoms with Crippen molar-refractivity contribution in [3.05, 3.63) is 59.7 Å². The van der Waals surface area contributed by atoms with Gasteiger partial charge in [-0.2, -0.15) is 0 Å². The number of nitrogens with zero attached hydrogens (tertiary/aromatic N) is 1. The first-order valence-corrected chi connectivity index (χ1v) is 6.48. The van der Waals surface area contributed by atoms with E-state index in [0.717, 1.165) is 12.2 Å². The third kappa shape index (κ3) is 3.09. The van der Waals surface area contributed by atoms with Gasteiger partial charge in [0.25, 0.3) is 5.91 Å². The fourth-order valence-corrected chi connectivity index (χ4v) is 2.13. The SMILES string of the molecule is CNC(=O)c1ccc(N(C)Cc2ccccc2)c(N)c1. The van der Waals surface area contributed by atoms with Gasteiger partial charge in [0.2, 0.25) is 0 Å². The lowest BCUT2D eigenvalue weighted by Crippen LogP contribution is -2.20. The number of carbonyl (C=O) groups excluding carboxylic acids is 1. The predicted molar refractivity (Wildman–Crippen MR) is 82.8 cm³/mol. The van der Waals surface area contributed by atoms with Crippen LogP contribution >= 0.6 is 0 Å². The van der Waals surface area contributed by atoms with Gasteiger partial charge < -0.3 is 16.0 Å². The maximum atomic E-state index is 11.6. The van der Waals surface area contributed by atoms with E-state index in [4.69, 9.17) is 5.73 Å². The van der Waals surface area contributed by atoms with Crippen LogP contribution in [0.15, 0.2) is 48.5 Å². The third-order valence-corrected chi connectivity index (χ3v) is 3.19. The summed E-state index contributed by atoms with van der Waals surface area (Å²) in [5.41, 5.74) is 9.35. The molecule has 0 atom stereocenters. The Kier molecular flexibility index (Phi) is 4.25. The topological polar surface area (TPSA) is 58.4 Å². The molecular weight excluding hydrogens is 250 g/mol. The number of carbonyl (C=O) groups is 1. The molecule has 0 saturated heterocycles. The summed E-state index contributed by atoms with van der Waals surface area (Å²) in [4.78, 5) is 13.6. The van der Waals surface area contributed by atoms with Crippen molar-refractivity contribution in [1.29, 1.82) is 0 Å². The van der Waals surface area contributed by atoms with Gasteiger partial charge in [0.1, 0.15) is 0 Å². The summed E-state index contributed by atoms with van der Waals surface area (Å²) in [6.45, 7) is 0.768. The molecule has 0 aliphatic carbocycles. The van der Waals surface area contributed by atoms with Crippen molar-refractivity contribution in [1.82, 2.24) is 5.32 Å². The summed E-state index contributed by atoms with van der Waals surface area (Å²) in [6.07, 6.45) is 0. The molecule has 0 heterocycles. The lowest BCUT2D eigenvalue weighted by atomic mass is 10.1. The fourth-order valence-electron chi connectivity index (χ4n) is 2.13. The van der Waals surface area contributed by atoms with Gasteiger partial charge in [-0.05, 0) is 23.8 Å². The molecule has 0 aliphatic heterocycles. The van der Waals surface area contributed by atoms with Crippen molar-refractivity contribution in [2.24, 2.45) is 0 Å². The van der Waals surface area contributed by atoms with Gasteiger partial charge in [0.05, 0.1) is 11.4 Å². The quantitative estimate of drug-likeness (QED) is 0.837. The zero-order valence-electron chi connectivity index (χ0n) is 11.8. The van der Waals surface area contributed by atoms with E-state index in [0.29, 0.717) is 11.3 Å². The van der Waals surface area contributed by atoms with E-state index < -0.39 is 0 Å². The van der Waals surface area contributed by atoms with Gasteiger partial charge in [0.15, 0.2) is 0 Å². The molecule has 0 unspecified atom stereocenters. The van der Waals surface area contributed by atoms with E-state index in [-0.39, 0.29) is 5.91 Å². The van der Waals surface area contributed by atoms with Crippen molar-refractivity contribution in [3.8, 4) is 0 Å². The van der Waals surface area contributed by atoms with E-state index in [9.17, 15) is 4.79 Å². The van der Waals surface area contributed by atoms with Crippen LogP contribution in [0.2, 0.25) is 0 Å². The molecule has 0 aromatic heterocycles. The molecule has 2 aromatic carbocycles. The Morgan fingerprint density at radius 1 is 1.20 bits per heavy atom. The van der Waals surface area contributed by atoms with Gasteiger partial charge >= 0.3 is 0 Å². The normalized spacial score (nSPS) is 10.1. The van der Waals surface area contributed by atoms with Crippen LogP contribution in [-0.2, 0) is 6.54 Å². The largest absolute Gasteiger partial charge is 0.397 e. The fraction of sp³-hybridized carbons (Fsp3) is 0.188. The lowest BCUT2D eigenvalue weighted by Gasteiger charge is -2.21. The highest BCUT2D eigenvalue weighted by molar-refractivity contribution is 5.96. The number of anilines is 2. The molecule has 0 spiro atoms. The van der Waals surface area contributed by atoms with E-state index in [2.05, 4.69) is 22.3 Å². The van der Waals surface area contributed by atoms with Gasteiger partial charge in [-0.3, -0.25) is 4.79 Å². The van der Waals surface area contributed by atoms with Crippen LogP contribution in [0.1, 0.15) is 15.9 Å². The highest BCUT2D eigenvalue weighted by Gasteiger charge is 2.09. The van der Waals surface area contributed by atoms with Crippen molar-refractivity contribution in [2.45, 2.75) is 6.54 Å². The molecule has 0 saturated carbocycles. The average Bonchev–Trinajstić information content (AvgIpc) is 2.47. The Labute approximate surface area is 119 Å². The zero-order valence-corrected chi connectivity index (χ0v) is 11.8. The molecule has 0 radical (unpaired) electrons. The van der Waals surface area contributed by atoms with E-state index >= 15 is 0 Å². The van der Waals surface area contributed by atoms with E-state index in [1.165, 1.54) is 5.56 Å². The molecule has 4 nitrogen and oxygen atoms in total. The summed E-state index contributed by atoms with van der Waals surface area (Å²) >= 11 is 0. The second-order valence-corrected chi connectivity index (χ2v) is 4.69. The first-order chi connectivity index (χ1) is 9.61. The Bertz CT molecular complexity index is 596. The smallest absolute Gasteiger partial charge is 0.251 e. The van der Waals surface area contributed by atoms with Gasteiger partial charge in [-0.25, -0.2) is 0 Å². The number of nitrogens with two attached hydrogens (primary N) is 1. The Balaban J connectivity index is 2.18. The molecule has 0 aliphatic rings. The Hall–Kier alpha value is -2.49. The standard InChI is InChI=1S/C16H19N3O/c1-18-16(20)13-8-9-15(14(17)10-13)19(2)11-12-6-4-3-5-7-12/h3-10H,11,17H2,1-2H3,(H,18,20). The number of amides is 1. The molecule has 1 amide bonds. The molecule has 104 valence electrons. The molecule has 2 aromatic rings. The van der Waals surface area contributed by atoms with Crippen LogP contribution in [0.3, 0.4) is 0 Å². The molecule has 4 heteroatoms. The van der Waals surface area contributed by atoms with Crippen LogP contribution in [0.4, 0.5) is 11.4 Å². The molecule has 3 N–H and O–H groups in total. The second-order valence-electron chi connectivity index (χ2n) is 4.69. The number of hydrogen-bond acceptors (Lipinski definition) is 3. The van der Waals surface area contributed by atoms with Gasteiger partial charge in [-0.15, -0.1) is 0 Å². The third-order valence-electron chi connectivity index (χ3n) is 3.19. The van der Waals surface area contributed by atoms with Crippen molar-refractivity contribution < 1.29 is 4.79 Å². The second kappa shape index (κ2) is 6.10. The maximum absolute atomic E-state index is 11.6. The first-order valence-electron chi connectivity index (χ1n) is 6.48. The minimum atomic E-state index is -0.131. The number of nitrogen functional groups attached to an aromatic ring is 1. The van der Waals surface area contributed by atoms with Crippen LogP contribution in [0, 0.1) is 0 Å². The first kappa shape index (κ1) is 13.9. The van der Waals surface area contributed by atoms with Crippen molar-refractivity contribution in [3.63, 3.8) is 0 Å². The number of nitrogens with one attached hydrogen (secondary N) is 1. The van der Waals surface area contributed by atoms with E-state index in [1.807, 2.05) is 31.3 Å². The Morgan fingerprint density at radius 3 is 2.50 bits per heavy atom. The number of hydrogen-bond donors (Lipinski definition) is 2. The van der Waals surface area contributed by atoms with Gasteiger partial charge in [0, 0.05) is 26.2 Å². The lowest BCUT2D eigenvalue weighted by molar-refractivity contribution is 0.0963. The molecule has 0 bridgehead atoms. The van der Waals surface area contributed by atoms with Crippen molar-refractivity contribution >= 4 is 17.3 Å². The predicted octanol–water partition coefficient (Wildman–Crippen LogP) is 2.26. The summed E-state index contributed by atoms with van der Waals surface area (Å²) in [7, 11) is 3.59. The summed E-state index contributed by atoms with van der Waals surface area (Å²) in [5.74, 6) is -0.131. The Morgan fingerprint density at radius 2 is 1.90 bits per heavy atom. The van der Waals surface area contributed by atoms with Gasteiger partial charge in [-0.1, -0.05) is 30.3 Å². The minimum absolute atomic E-state index is 0.131. The molecule has 2 rings (SSSR count). The summed E-state index contributed by atoms with van der Waals surface area (Å²) < 4.78 is 0. The number of rotatable bonds is 4. The molecule has 0 fully saturated rings. The summed E-state index contributed by atoms with van der Waals surface area (Å²) in [6, 6.07) is 15.5. The highest BCUT2D eigenvalue weighted by atomic mass is 16.1. The minimum Gasteiger partial charge on any atom is -0.397 e.